The van der Waals surface area contributed by atoms with Crippen LogP contribution in [0.4, 0.5) is 0 Å². The number of benzene rings is 3. The van der Waals surface area contributed by atoms with Gasteiger partial charge < -0.3 is 9.47 Å². The van der Waals surface area contributed by atoms with Crippen molar-refractivity contribution in [1.82, 2.24) is 0 Å². The second kappa shape index (κ2) is 8.38. The van der Waals surface area contributed by atoms with E-state index in [1.165, 1.54) is 0 Å². The van der Waals surface area contributed by atoms with Crippen molar-refractivity contribution in [3.63, 3.8) is 0 Å². The smallest absolute Gasteiger partial charge is 0.231 e. The summed E-state index contributed by atoms with van der Waals surface area (Å²) in [6.07, 6.45) is 5.45. The number of ether oxygens (including phenoxy) is 2. The SMILES string of the molecule is Cc1c(OCc2cccc(Cl)c2)ccc2c1O/C(=C\C=C\c1ccccc1)C2=O. The molecule has 0 aromatic heterocycles. The molecule has 4 heteroatoms. The summed E-state index contributed by atoms with van der Waals surface area (Å²) in [5.74, 6) is 1.42. The normalized spacial score (nSPS) is 14.3. The van der Waals surface area contributed by atoms with E-state index in [1.807, 2.05) is 79.7 Å². The predicted molar refractivity (Wildman–Crippen MR) is 115 cm³/mol. The lowest BCUT2D eigenvalue weighted by Gasteiger charge is -2.11. The van der Waals surface area contributed by atoms with Crippen molar-refractivity contribution in [2.24, 2.45) is 0 Å². The standard InChI is InChI=1S/C25H19ClO3/c1-17-22(28-16-19-10-5-11-20(26)15-19)14-13-21-24(27)23(29-25(17)21)12-6-9-18-7-3-2-4-8-18/h2-15H,16H2,1H3/b9-6+,23-12-. The molecule has 4 rings (SSSR count). The Hall–Kier alpha value is -3.30. The molecule has 29 heavy (non-hydrogen) atoms. The molecule has 0 spiro atoms. The van der Waals surface area contributed by atoms with Crippen LogP contribution < -0.4 is 9.47 Å². The number of Topliss-reactive ketones (excluding diaryl/α,β-unsaturated/α-hetero) is 1. The molecule has 1 aliphatic heterocycles. The minimum absolute atomic E-state index is 0.123. The summed E-state index contributed by atoms with van der Waals surface area (Å²) in [5.41, 5.74) is 3.38. The maximum atomic E-state index is 12.6. The molecule has 1 heterocycles. The van der Waals surface area contributed by atoms with Gasteiger partial charge in [-0.15, -0.1) is 0 Å². The molecule has 0 aliphatic carbocycles. The van der Waals surface area contributed by atoms with Gasteiger partial charge in [-0.2, -0.15) is 0 Å². The molecule has 144 valence electrons. The van der Waals surface area contributed by atoms with Crippen molar-refractivity contribution < 1.29 is 14.3 Å². The number of hydrogen-bond acceptors (Lipinski definition) is 3. The number of hydrogen-bond donors (Lipinski definition) is 0. The highest BCUT2D eigenvalue weighted by atomic mass is 35.5. The van der Waals surface area contributed by atoms with E-state index in [4.69, 9.17) is 21.1 Å². The Kier molecular flexibility index (Phi) is 5.50. The van der Waals surface area contributed by atoms with Gasteiger partial charge in [0.05, 0.1) is 5.56 Å². The molecular weight excluding hydrogens is 384 g/mol. The number of carbonyl (C=O) groups excluding carboxylic acids is 1. The molecule has 0 N–H and O–H groups in total. The first kappa shape index (κ1) is 19.0. The van der Waals surface area contributed by atoms with E-state index >= 15 is 0 Å². The highest BCUT2D eigenvalue weighted by Gasteiger charge is 2.29. The Morgan fingerprint density at radius 2 is 1.86 bits per heavy atom. The maximum absolute atomic E-state index is 12.6. The summed E-state index contributed by atoms with van der Waals surface area (Å²) in [7, 11) is 0. The van der Waals surface area contributed by atoms with Crippen LogP contribution in [0.2, 0.25) is 5.02 Å². The monoisotopic (exact) mass is 402 g/mol. The number of halogens is 1. The quantitative estimate of drug-likeness (QED) is 0.463. The molecule has 0 amide bonds. The zero-order chi connectivity index (χ0) is 20.2. The molecule has 0 fully saturated rings. The number of fused-ring (bicyclic) bond motifs is 1. The van der Waals surface area contributed by atoms with Crippen molar-refractivity contribution in [1.29, 1.82) is 0 Å². The summed E-state index contributed by atoms with van der Waals surface area (Å²) in [5, 5.41) is 0.670. The first-order valence-electron chi connectivity index (χ1n) is 9.28. The van der Waals surface area contributed by atoms with E-state index in [-0.39, 0.29) is 5.78 Å². The third-order valence-electron chi connectivity index (χ3n) is 4.66. The van der Waals surface area contributed by atoms with Crippen LogP contribution in [0.1, 0.15) is 27.0 Å². The van der Waals surface area contributed by atoms with Crippen LogP contribution in [0.3, 0.4) is 0 Å². The molecule has 0 atom stereocenters. The summed E-state index contributed by atoms with van der Waals surface area (Å²) < 4.78 is 11.8. The maximum Gasteiger partial charge on any atom is 0.231 e. The van der Waals surface area contributed by atoms with E-state index < -0.39 is 0 Å². The van der Waals surface area contributed by atoms with Crippen molar-refractivity contribution in [3.8, 4) is 11.5 Å². The fourth-order valence-corrected chi connectivity index (χ4v) is 3.35. The van der Waals surface area contributed by atoms with Gasteiger partial charge in [-0.3, -0.25) is 4.79 Å². The Balaban J connectivity index is 1.51. The zero-order valence-corrected chi connectivity index (χ0v) is 16.6. The molecule has 3 aromatic rings. The number of carbonyl (C=O) groups is 1. The fraction of sp³-hybridized carbons (Fsp3) is 0.0800. The van der Waals surface area contributed by atoms with Gasteiger partial charge in [0, 0.05) is 10.6 Å². The minimum atomic E-state index is -0.123. The van der Waals surface area contributed by atoms with Gasteiger partial charge >= 0.3 is 0 Å². The van der Waals surface area contributed by atoms with Crippen LogP contribution in [0.5, 0.6) is 11.5 Å². The number of allylic oxidation sites excluding steroid dienone is 3. The molecule has 0 bridgehead atoms. The molecule has 3 aromatic carbocycles. The van der Waals surface area contributed by atoms with Crippen LogP contribution in [0.25, 0.3) is 6.08 Å². The van der Waals surface area contributed by atoms with Gasteiger partial charge in [0.25, 0.3) is 0 Å². The number of ketones is 1. The average molecular weight is 403 g/mol. The number of rotatable bonds is 5. The molecule has 0 radical (unpaired) electrons. The predicted octanol–water partition coefficient (Wildman–Crippen LogP) is 6.40. The van der Waals surface area contributed by atoms with Crippen molar-refractivity contribution in [2.75, 3.05) is 0 Å². The summed E-state index contributed by atoms with van der Waals surface area (Å²) >= 11 is 6.02. The summed E-state index contributed by atoms with van der Waals surface area (Å²) in [4.78, 5) is 12.6. The van der Waals surface area contributed by atoms with Gasteiger partial charge in [0.1, 0.15) is 18.1 Å². The van der Waals surface area contributed by atoms with E-state index in [2.05, 4.69) is 0 Å². The highest BCUT2D eigenvalue weighted by molar-refractivity contribution is 6.30. The van der Waals surface area contributed by atoms with Crippen LogP contribution in [0.15, 0.2) is 84.6 Å². The van der Waals surface area contributed by atoms with E-state index in [0.29, 0.717) is 34.5 Å². The first-order chi connectivity index (χ1) is 14.1. The highest BCUT2D eigenvalue weighted by Crippen LogP contribution is 2.39. The lowest BCUT2D eigenvalue weighted by molar-refractivity contribution is 0.101. The van der Waals surface area contributed by atoms with E-state index in [0.717, 1.165) is 16.7 Å². The Labute approximate surface area is 174 Å². The van der Waals surface area contributed by atoms with Gasteiger partial charge in [0.15, 0.2) is 5.76 Å². The Bertz CT molecular complexity index is 1110. The second-order valence-corrected chi connectivity index (χ2v) is 7.15. The third-order valence-corrected chi connectivity index (χ3v) is 4.89. The largest absolute Gasteiger partial charge is 0.488 e. The van der Waals surface area contributed by atoms with Crippen LogP contribution in [-0.2, 0) is 6.61 Å². The topological polar surface area (TPSA) is 35.5 Å². The average Bonchev–Trinajstić information content (AvgIpc) is 3.05. The van der Waals surface area contributed by atoms with Gasteiger partial charge in [-0.25, -0.2) is 0 Å². The van der Waals surface area contributed by atoms with Crippen LogP contribution in [0, 0.1) is 6.92 Å². The summed E-state index contributed by atoms with van der Waals surface area (Å²) in [6, 6.07) is 21.0. The Morgan fingerprint density at radius 1 is 1.03 bits per heavy atom. The van der Waals surface area contributed by atoms with E-state index in [1.54, 1.807) is 12.1 Å². The Morgan fingerprint density at radius 3 is 2.66 bits per heavy atom. The van der Waals surface area contributed by atoms with Crippen molar-refractivity contribution >= 4 is 23.5 Å². The summed E-state index contributed by atoms with van der Waals surface area (Å²) in [6.45, 7) is 2.28. The molecule has 3 nitrogen and oxygen atoms in total. The van der Waals surface area contributed by atoms with Crippen LogP contribution >= 0.6 is 11.6 Å². The molecule has 1 aliphatic rings. The third kappa shape index (κ3) is 4.25. The van der Waals surface area contributed by atoms with Gasteiger partial charge in [-0.05, 0) is 48.4 Å². The van der Waals surface area contributed by atoms with Crippen molar-refractivity contribution in [2.45, 2.75) is 13.5 Å². The zero-order valence-electron chi connectivity index (χ0n) is 15.9. The lowest BCUT2D eigenvalue weighted by atomic mass is 10.1. The van der Waals surface area contributed by atoms with E-state index in [9.17, 15) is 4.79 Å². The van der Waals surface area contributed by atoms with Gasteiger partial charge in [-0.1, -0.05) is 66.2 Å². The second-order valence-electron chi connectivity index (χ2n) is 6.72. The molecule has 0 saturated heterocycles. The molecule has 0 unspecified atom stereocenters. The fourth-order valence-electron chi connectivity index (χ4n) is 3.14. The first-order valence-corrected chi connectivity index (χ1v) is 9.66. The lowest BCUT2D eigenvalue weighted by Crippen LogP contribution is -1.98. The minimum Gasteiger partial charge on any atom is -0.488 e. The van der Waals surface area contributed by atoms with Gasteiger partial charge in [0.2, 0.25) is 5.78 Å². The molecule has 0 saturated carbocycles. The van der Waals surface area contributed by atoms with Crippen LogP contribution in [-0.4, -0.2) is 5.78 Å². The molecular formula is C25H19ClO3. The van der Waals surface area contributed by atoms with Crippen molar-refractivity contribution in [3.05, 3.63) is 112 Å².